The van der Waals surface area contributed by atoms with Gasteiger partial charge in [-0.05, 0) is 44.9 Å². The van der Waals surface area contributed by atoms with E-state index >= 15 is 0 Å². The molecule has 2 fully saturated rings. The normalized spacial score (nSPS) is 19.9. The number of nitrogens with one attached hydrogen (secondary N) is 1. The molecule has 1 N–H and O–H groups in total. The Morgan fingerprint density at radius 1 is 1.17 bits per heavy atom. The number of nitrogens with zero attached hydrogens (tertiary/aromatic N) is 2. The average Bonchev–Trinajstić information content (AvgIpc) is 3.10. The molecule has 0 spiro atoms. The Kier molecular flexibility index (Phi) is 6.74. The van der Waals surface area contributed by atoms with Gasteiger partial charge in [-0.3, -0.25) is 19.2 Å². The molecular formula is C22H29N3O5. The first-order chi connectivity index (χ1) is 14.2. The van der Waals surface area contributed by atoms with Crippen molar-refractivity contribution in [1.29, 1.82) is 0 Å². The number of likely N-dealkylation sites (tertiary alicyclic amines) is 2. The Morgan fingerprint density at radius 2 is 1.87 bits per heavy atom. The second kappa shape index (κ2) is 9.28. The Balaban J connectivity index is 1.50. The number of carbonyl (C=O) groups is 4. The van der Waals surface area contributed by atoms with Gasteiger partial charge in [-0.2, -0.15) is 0 Å². The maximum atomic E-state index is 12.8. The van der Waals surface area contributed by atoms with Crippen molar-refractivity contribution in [3.05, 3.63) is 29.8 Å². The molecule has 1 unspecified atom stereocenters. The van der Waals surface area contributed by atoms with Gasteiger partial charge in [-0.25, -0.2) is 0 Å². The number of piperidine rings is 1. The lowest BCUT2D eigenvalue weighted by molar-refractivity contribution is -0.132. The average molecular weight is 415 g/mol. The summed E-state index contributed by atoms with van der Waals surface area (Å²) >= 11 is 0. The van der Waals surface area contributed by atoms with Crippen molar-refractivity contribution >= 4 is 23.7 Å². The number of hydrogen-bond donors (Lipinski definition) is 1. The van der Waals surface area contributed by atoms with Gasteiger partial charge in [0.2, 0.25) is 11.8 Å². The minimum Gasteiger partial charge on any atom is -0.427 e. The quantitative estimate of drug-likeness (QED) is 0.582. The Morgan fingerprint density at radius 3 is 2.47 bits per heavy atom. The van der Waals surface area contributed by atoms with Crippen LogP contribution in [-0.4, -0.2) is 65.2 Å². The summed E-state index contributed by atoms with van der Waals surface area (Å²) in [5, 5.41) is 3.06. The van der Waals surface area contributed by atoms with E-state index in [9.17, 15) is 19.2 Å². The van der Waals surface area contributed by atoms with Gasteiger partial charge in [0.15, 0.2) is 0 Å². The number of ether oxygens (including phenoxy) is 1. The van der Waals surface area contributed by atoms with Crippen molar-refractivity contribution in [1.82, 2.24) is 15.1 Å². The Hall–Kier alpha value is -2.90. The summed E-state index contributed by atoms with van der Waals surface area (Å²) in [6.45, 7) is 6.75. The molecule has 8 heteroatoms. The molecule has 2 saturated heterocycles. The van der Waals surface area contributed by atoms with E-state index in [2.05, 4.69) is 5.32 Å². The fraction of sp³-hybridized carbons (Fsp3) is 0.545. The lowest BCUT2D eigenvalue weighted by Crippen LogP contribution is -2.48. The van der Waals surface area contributed by atoms with E-state index in [-0.39, 0.29) is 42.1 Å². The molecule has 1 atom stereocenters. The summed E-state index contributed by atoms with van der Waals surface area (Å²) in [5.74, 6) is -0.563. The molecule has 8 nitrogen and oxygen atoms in total. The Bertz CT molecular complexity index is 830. The minimum absolute atomic E-state index is 0.00266. The van der Waals surface area contributed by atoms with Gasteiger partial charge in [0.25, 0.3) is 5.91 Å². The number of carbonyl (C=O) groups excluding carboxylic acids is 4. The zero-order valence-electron chi connectivity index (χ0n) is 17.7. The topological polar surface area (TPSA) is 96.0 Å². The summed E-state index contributed by atoms with van der Waals surface area (Å²) in [7, 11) is 0. The van der Waals surface area contributed by atoms with Crippen molar-refractivity contribution in [2.75, 3.05) is 19.6 Å². The summed E-state index contributed by atoms with van der Waals surface area (Å²) in [5.41, 5.74) is 0.467. The van der Waals surface area contributed by atoms with E-state index in [1.54, 1.807) is 34.1 Å². The van der Waals surface area contributed by atoms with E-state index in [1.165, 1.54) is 6.92 Å². The van der Waals surface area contributed by atoms with Crippen LogP contribution in [0.1, 0.15) is 50.4 Å². The highest BCUT2D eigenvalue weighted by Gasteiger charge is 2.36. The first kappa shape index (κ1) is 21.8. The van der Waals surface area contributed by atoms with Crippen molar-refractivity contribution in [3.8, 4) is 5.75 Å². The standard InChI is InChI=1S/C22H29N3O5/c1-14(2)25-13-17(12-20(25)27)21(28)23-18-7-9-24(10-8-18)22(29)16-5-4-6-19(11-16)30-15(3)26/h4-6,11,14,17-18H,7-10,12-13H2,1-3H3,(H,23,28). The van der Waals surface area contributed by atoms with Crippen LogP contribution in [0.2, 0.25) is 0 Å². The van der Waals surface area contributed by atoms with Crippen molar-refractivity contribution in [2.24, 2.45) is 5.92 Å². The predicted octanol–water partition coefficient (Wildman–Crippen LogP) is 1.59. The molecule has 3 amide bonds. The van der Waals surface area contributed by atoms with E-state index < -0.39 is 5.97 Å². The summed E-state index contributed by atoms with van der Waals surface area (Å²) in [6.07, 6.45) is 1.59. The van der Waals surface area contributed by atoms with Crippen LogP contribution < -0.4 is 10.1 Å². The van der Waals surface area contributed by atoms with Crippen molar-refractivity contribution in [2.45, 2.75) is 52.1 Å². The number of hydrogen-bond acceptors (Lipinski definition) is 5. The monoisotopic (exact) mass is 415 g/mol. The first-order valence-electron chi connectivity index (χ1n) is 10.4. The molecule has 1 aromatic carbocycles. The lowest BCUT2D eigenvalue weighted by Gasteiger charge is -2.33. The van der Waals surface area contributed by atoms with Gasteiger partial charge >= 0.3 is 5.97 Å². The summed E-state index contributed by atoms with van der Waals surface area (Å²) < 4.78 is 5.05. The maximum absolute atomic E-state index is 12.8. The number of rotatable bonds is 5. The molecule has 2 heterocycles. The molecule has 3 rings (SSSR count). The van der Waals surface area contributed by atoms with Gasteiger partial charge in [-0.1, -0.05) is 6.07 Å². The fourth-order valence-electron chi connectivity index (χ4n) is 3.99. The predicted molar refractivity (Wildman–Crippen MR) is 110 cm³/mol. The molecule has 2 aliphatic rings. The molecule has 2 aliphatic heterocycles. The van der Waals surface area contributed by atoms with Crippen molar-refractivity contribution < 1.29 is 23.9 Å². The molecular weight excluding hydrogens is 386 g/mol. The van der Waals surface area contributed by atoms with E-state index in [0.29, 0.717) is 43.8 Å². The van der Waals surface area contributed by atoms with Crippen LogP contribution in [0, 0.1) is 5.92 Å². The second-order valence-corrected chi connectivity index (χ2v) is 8.24. The highest BCUT2D eigenvalue weighted by Crippen LogP contribution is 2.22. The van der Waals surface area contributed by atoms with Gasteiger partial charge in [0.1, 0.15) is 5.75 Å². The molecule has 0 radical (unpaired) electrons. The van der Waals surface area contributed by atoms with Crippen LogP contribution in [0.15, 0.2) is 24.3 Å². The largest absolute Gasteiger partial charge is 0.427 e. The molecule has 1 aromatic rings. The van der Waals surface area contributed by atoms with Crippen LogP contribution >= 0.6 is 0 Å². The van der Waals surface area contributed by atoms with Crippen LogP contribution in [0.3, 0.4) is 0 Å². The van der Waals surface area contributed by atoms with Crippen LogP contribution in [0.5, 0.6) is 5.75 Å². The van der Waals surface area contributed by atoms with Gasteiger partial charge in [-0.15, -0.1) is 0 Å². The van der Waals surface area contributed by atoms with Gasteiger partial charge in [0, 0.05) is 50.6 Å². The molecule has 0 bridgehead atoms. The third-order valence-electron chi connectivity index (χ3n) is 5.62. The lowest BCUT2D eigenvalue weighted by atomic mass is 10.0. The van der Waals surface area contributed by atoms with Crippen molar-refractivity contribution in [3.63, 3.8) is 0 Å². The van der Waals surface area contributed by atoms with Crippen LogP contribution in [0.4, 0.5) is 0 Å². The Labute approximate surface area is 176 Å². The second-order valence-electron chi connectivity index (χ2n) is 8.24. The molecule has 162 valence electrons. The minimum atomic E-state index is -0.434. The molecule has 0 saturated carbocycles. The zero-order chi connectivity index (χ0) is 21.8. The van der Waals surface area contributed by atoms with E-state index in [4.69, 9.17) is 4.74 Å². The van der Waals surface area contributed by atoms with Gasteiger partial charge < -0.3 is 19.9 Å². The molecule has 0 aliphatic carbocycles. The zero-order valence-corrected chi connectivity index (χ0v) is 17.7. The van der Waals surface area contributed by atoms with Crippen LogP contribution in [0.25, 0.3) is 0 Å². The third-order valence-corrected chi connectivity index (χ3v) is 5.62. The maximum Gasteiger partial charge on any atom is 0.308 e. The first-order valence-corrected chi connectivity index (χ1v) is 10.4. The summed E-state index contributed by atoms with van der Waals surface area (Å²) in [4.78, 5) is 52.0. The highest BCUT2D eigenvalue weighted by atomic mass is 16.5. The van der Waals surface area contributed by atoms with E-state index in [0.717, 1.165) is 0 Å². The summed E-state index contributed by atoms with van der Waals surface area (Å²) in [6, 6.07) is 6.67. The third kappa shape index (κ3) is 5.17. The van der Waals surface area contributed by atoms with Gasteiger partial charge in [0.05, 0.1) is 5.92 Å². The SMILES string of the molecule is CC(=O)Oc1cccc(C(=O)N2CCC(NC(=O)C3CC(=O)N(C(C)C)C3)CC2)c1. The highest BCUT2D eigenvalue weighted by molar-refractivity contribution is 5.95. The number of amides is 3. The number of esters is 1. The number of benzene rings is 1. The molecule has 0 aromatic heterocycles. The van der Waals surface area contributed by atoms with Crippen LogP contribution in [-0.2, 0) is 14.4 Å². The smallest absolute Gasteiger partial charge is 0.308 e. The fourth-order valence-corrected chi connectivity index (χ4v) is 3.99. The molecule has 30 heavy (non-hydrogen) atoms. The van der Waals surface area contributed by atoms with E-state index in [1.807, 2.05) is 13.8 Å².